The van der Waals surface area contributed by atoms with Crippen LogP contribution in [0.2, 0.25) is 0 Å². The first-order chi connectivity index (χ1) is 18.2. The molecule has 0 spiro atoms. The number of benzene rings is 2. The van der Waals surface area contributed by atoms with E-state index in [9.17, 15) is 14.4 Å². The van der Waals surface area contributed by atoms with Gasteiger partial charge in [-0.2, -0.15) is 0 Å². The molecule has 0 aromatic heterocycles. The molecule has 6 heteroatoms. The van der Waals surface area contributed by atoms with Crippen molar-refractivity contribution in [2.75, 3.05) is 6.54 Å². The summed E-state index contributed by atoms with van der Waals surface area (Å²) in [5, 5.41) is 3.05. The highest BCUT2D eigenvalue weighted by molar-refractivity contribution is 5.91. The van der Waals surface area contributed by atoms with Crippen LogP contribution in [0, 0.1) is 24.7 Å². The zero-order valence-electron chi connectivity index (χ0n) is 23.5. The van der Waals surface area contributed by atoms with Gasteiger partial charge in [-0.05, 0) is 67.7 Å². The van der Waals surface area contributed by atoms with Gasteiger partial charge in [0.15, 0.2) is 0 Å². The molecule has 3 atom stereocenters. The van der Waals surface area contributed by atoms with Crippen molar-refractivity contribution >= 4 is 17.7 Å². The Morgan fingerprint density at radius 3 is 2.45 bits per heavy atom. The van der Waals surface area contributed by atoms with Crippen LogP contribution in [0.1, 0.15) is 76.8 Å². The van der Waals surface area contributed by atoms with Crippen molar-refractivity contribution in [2.45, 2.75) is 85.2 Å². The second-order valence-electron chi connectivity index (χ2n) is 11.3. The van der Waals surface area contributed by atoms with Crippen LogP contribution in [0.3, 0.4) is 0 Å². The molecule has 1 heterocycles. The number of amides is 3. The van der Waals surface area contributed by atoms with E-state index in [2.05, 4.69) is 55.6 Å². The Morgan fingerprint density at radius 1 is 1.05 bits per heavy atom. The predicted molar refractivity (Wildman–Crippen MR) is 153 cm³/mol. The predicted octanol–water partition coefficient (Wildman–Crippen LogP) is 5.61. The molecule has 2 aromatic rings. The topological polar surface area (TPSA) is 92.5 Å². The van der Waals surface area contributed by atoms with E-state index in [-0.39, 0.29) is 17.7 Å². The standard InChI is InChI=1S/C32H45N3O3/c1-5-6-12-27(30(33)36)28(19-22(2)3)31(37)34-29-13-7-8-18-35(32(29)38)21-24-10-9-11-26(20-24)25-16-14-23(4)15-17-25/h9-11,14-17,20,22,27-29H,5-8,12-13,18-19,21H2,1-4H3,(H2,33,36)(H,34,37)/t27?,28?,29-/m0/s1. The smallest absolute Gasteiger partial charge is 0.245 e. The summed E-state index contributed by atoms with van der Waals surface area (Å²) in [6.07, 6.45) is 5.30. The molecule has 0 saturated carbocycles. The average molecular weight is 520 g/mol. The summed E-state index contributed by atoms with van der Waals surface area (Å²) in [6, 6.07) is 16.2. The minimum atomic E-state index is -0.584. The lowest BCUT2D eigenvalue weighted by Crippen LogP contribution is -2.50. The molecule has 6 nitrogen and oxygen atoms in total. The highest BCUT2D eigenvalue weighted by Gasteiger charge is 2.36. The number of carbonyl (C=O) groups excluding carboxylic acids is 3. The zero-order valence-corrected chi connectivity index (χ0v) is 23.5. The van der Waals surface area contributed by atoms with Gasteiger partial charge >= 0.3 is 0 Å². The first-order valence-corrected chi connectivity index (χ1v) is 14.2. The number of carbonyl (C=O) groups is 3. The van der Waals surface area contributed by atoms with E-state index in [1.54, 1.807) is 0 Å². The highest BCUT2D eigenvalue weighted by Crippen LogP contribution is 2.27. The number of primary amides is 1. The summed E-state index contributed by atoms with van der Waals surface area (Å²) in [6.45, 7) is 9.38. The Hall–Kier alpha value is -3.15. The summed E-state index contributed by atoms with van der Waals surface area (Å²) in [5.74, 6) is -1.50. The zero-order chi connectivity index (χ0) is 27.7. The van der Waals surface area contributed by atoms with E-state index in [0.29, 0.717) is 32.4 Å². The van der Waals surface area contributed by atoms with Crippen LogP contribution in [0.15, 0.2) is 48.5 Å². The van der Waals surface area contributed by atoms with Crippen LogP contribution in [-0.4, -0.2) is 35.2 Å². The van der Waals surface area contributed by atoms with Gasteiger partial charge < -0.3 is 16.0 Å². The molecule has 0 bridgehead atoms. The summed E-state index contributed by atoms with van der Waals surface area (Å²) in [7, 11) is 0. The number of aryl methyl sites for hydroxylation is 1. The molecule has 1 aliphatic heterocycles. The van der Waals surface area contributed by atoms with Crippen molar-refractivity contribution in [3.05, 3.63) is 59.7 Å². The first kappa shape index (κ1) is 29.4. The van der Waals surface area contributed by atoms with Crippen molar-refractivity contribution in [1.82, 2.24) is 10.2 Å². The van der Waals surface area contributed by atoms with E-state index in [0.717, 1.165) is 42.4 Å². The van der Waals surface area contributed by atoms with Crippen LogP contribution in [0.4, 0.5) is 0 Å². The second-order valence-corrected chi connectivity index (χ2v) is 11.3. The third-order valence-corrected chi connectivity index (χ3v) is 7.56. The molecule has 206 valence electrons. The molecule has 2 aromatic carbocycles. The maximum absolute atomic E-state index is 13.6. The van der Waals surface area contributed by atoms with Gasteiger partial charge in [0, 0.05) is 24.9 Å². The molecule has 1 saturated heterocycles. The molecule has 3 rings (SSSR count). The summed E-state index contributed by atoms with van der Waals surface area (Å²) in [5.41, 5.74) is 10.3. The minimum Gasteiger partial charge on any atom is -0.369 e. The monoisotopic (exact) mass is 519 g/mol. The molecule has 2 unspecified atom stereocenters. The molecule has 3 N–H and O–H groups in total. The maximum atomic E-state index is 13.6. The number of nitrogens with one attached hydrogen (secondary N) is 1. The number of nitrogens with zero attached hydrogens (tertiary/aromatic N) is 1. The Labute approximate surface area is 228 Å². The fraction of sp³-hybridized carbons (Fsp3) is 0.531. The summed E-state index contributed by atoms with van der Waals surface area (Å²) in [4.78, 5) is 41.3. The third-order valence-electron chi connectivity index (χ3n) is 7.56. The maximum Gasteiger partial charge on any atom is 0.245 e. The van der Waals surface area contributed by atoms with E-state index in [4.69, 9.17) is 5.73 Å². The SMILES string of the molecule is CCCCC(C(N)=O)C(CC(C)C)C(=O)N[C@H]1CCCCN(Cc2cccc(-c3ccc(C)cc3)c2)C1=O. The Morgan fingerprint density at radius 2 is 1.79 bits per heavy atom. The van der Waals surface area contributed by atoms with Gasteiger partial charge in [-0.15, -0.1) is 0 Å². The van der Waals surface area contributed by atoms with Crippen LogP contribution in [-0.2, 0) is 20.9 Å². The van der Waals surface area contributed by atoms with Crippen molar-refractivity contribution in [3.8, 4) is 11.1 Å². The largest absolute Gasteiger partial charge is 0.369 e. The Bertz CT molecular complexity index is 1080. The van der Waals surface area contributed by atoms with E-state index < -0.39 is 23.8 Å². The number of rotatable bonds is 12. The number of hydrogen-bond donors (Lipinski definition) is 2. The number of likely N-dealkylation sites (tertiary alicyclic amines) is 1. The fourth-order valence-electron chi connectivity index (χ4n) is 5.42. The minimum absolute atomic E-state index is 0.0518. The van der Waals surface area contributed by atoms with Gasteiger partial charge in [-0.25, -0.2) is 0 Å². The quantitative estimate of drug-likeness (QED) is 0.382. The average Bonchev–Trinajstić information content (AvgIpc) is 3.05. The van der Waals surface area contributed by atoms with Gasteiger partial charge in [0.25, 0.3) is 0 Å². The van der Waals surface area contributed by atoms with E-state index in [1.807, 2.05) is 30.9 Å². The van der Waals surface area contributed by atoms with Gasteiger partial charge in [-0.3, -0.25) is 14.4 Å². The summed E-state index contributed by atoms with van der Waals surface area (Å²) >= 11 is 0. The number of hydrogen-bond acceptors (Lipinski definition) is 3. The van der Waals surface area contributed by atoms with Crippen LogP contribution in [0.5, 0.6) is 0 Å². The molecule has 3 amide bonds. The Kier molecular flexibility index (Phi) is 10.9. The van der Waals surface area contributed by atoms with Crippen molar-refractivity contribution in [3.63, 3.8) is 0 Å². The van der Waals surface area contributed by atoms with Gasteiger partial charge in [-0.1, -0.05) is 81.6 Å². The first-order valence-electron chi connectivity index (χ1n) is 14.2. The highest BCUT2D eigenvalue weighted by atomic mass is 16.2. The van der Waals surface area contributed by atoms with Gasteiger partial charge in [0.2, 0.25) is 17.7 Å². The lowest BCUT2D eigenvalue weighted by Gasteiger charge is -2.29. The molecule has 1 fully saturated rings. The molecule has 38 heavy (non-hydrogen) atoms. The number of unbranched alkanes of at least 4 members (excludes halogenated alkanes) is 1. The third kappa shape index (κ3) is 8.17. The Balaban J connectivity index is 1.74. The molecular formula is C32H45N3O3. The number of nitrogens with two attached hydrogens (primary N) is 1. The van der Waals surface area contributed by atoms with Crippen molar-refractivity contribution < 1.29 is 14.4 Å². The molecule has 0 aliphatic carbocycles. The lowest BCUT2D eigenvalue weighted by molar-refractivity contribution is -0.139. The van der Waals surface area contributed by atoms with Crippen molar-refractivity contribution in [1.29, 1.82) is 0 Å². The van der Waals surface area contributed by atoms with E-state index in [1.165, 1.54) is 5.56 Å². The molecule has 0 radical (unpaired) electrons. The fourth-order valence-corrected chi connectivity index (χ4v) is 5.42. The van der Waals surface area contributed by atoms with Gasteiger partial charge in [0.1, 0.15) is 6.04 Å². The second kappa shape index (κ2) is 14.1. The van der Waals surface area contributed by atoms with Crippen LogP contribution >= 0.6 is 0 Å². The molecular weight excluding hydrogens is 474 g/mol. The summed E-state index contributed by atoms with van der Waals surface area (Å²) < 4.78 is 0. The lowest BCUT2D eigenvalue weighted by atomic mass is 9.81. The van der Waals surface area contributed by atoms with Crippen molar-refractivity contribution in [2.24, 2.45) is 23.5 Å². The van der Waals surface area contributed by atoms with Crippen LogP contribution in [0.25, 0.3) is 11.1 Å². The normalized spacial score (nSPS) is 17.7. The van der Waals surface area contributed by atoms with Gasteiger partial charge in [0.05, 0.1) is 0 Å². The van der Waals surface area contributed by atoms with Crippen LogP contribution < -0.4 is 11.1 Å². The van der Waals surface area contributed by atoms with E-state index >= 15 is 0 Å². The molecule has 1 aliphatic rings.